The van der Waals surface area contributed by atoms with Crippen molar-refractivity contribution in [2.45, 2.75) is 38.6 Å². The largest absolute Gasteiger partial charge is 0.423 e. The third-order valence-corrected chi connectivity index (χ3v) is 7.05. The van der Waals surface area contributed by atoms with E-state index in [2.05, 4.69) is 12.2 Å². The summed E-state index contributed by atoms with van der Waals surface area (Å²) >= 11 is 0. The highest BCUT2D eigenvalue weighted by atomic mass is 32.2. The predicted molar refractivity (Wildman–Crippen MR) is 116 cm³/mol. The minimum Gasteiger partial charge on any atom is -0.423 e. The van der Waals surface area contributed by atoms with E-state index in [1.165, 1.54) is 10.4 Å². The number of nitrogens with one attached hydrogen (secondary N) is 1. The van der Waals surface area contributed by atoms with Crippen LogP contribution in [0.1, 0.15) is 31.9 Å². The summed E-state index contributed by atoms with van der Waals surface area (Å²) in [4.78, 5) is 12.2. The molecule has 0 aliphatic heterocycles. The van der Waals surface area contributed by atoms with Gasteiger partial charge < -0.3 is 9.73 Å². The first-order valence-electron chi connectivity index (χ1n) is 9.78. The monoisotopic (exact) mass is 414 g/mol. The number of sulfonamides is 1. The van der Waals surface area contributed by atoms with Crippen LogP contribution in [0.3, 0.4) is 0 Å². The summed E-state index contributed by atoms with van der Waals surface area (Å²) in [5, 5.41) is 4.14. The molecule has 3 rings (SSSR count). The molecule has 6 nitrogen and oxygen atoms in total. The Morgan fingerprint density at radius 1 is 0.966 bits per heavy atom. The molecule has 1 aromatic heterocycles. The molecule has 0 fully saturated rings. The molecule has 0 bridgehead atoms. The second-order valence-corrected chi connectivity index (χ2v) is 8.68. The van der Waals surface area contributed by atoms with E-state index in [0.717, 1.165) is 28.6 Å². The third kappa shape index (κ3) is 4.52. The van der Waals surface area contributed by atoms with E-state index in [0.29, 0.717) is 25.2 Å². The van der Waals surface area contributed by atoms with Crippen LogP contribution in [-0.2, 0) is 23.0 Å². The number of hydrogen-bond acceptors (Lipinski definition) is 5. The van der Waals surface area contributed by atoms with Crippen molar-refractivity contribution in [2.24, 2.45) is 0 Å². The Morgan fingerprint density at radius 3 is 2.28 bits per heavy atom. The van der Waals surface area contributed by atoms with E-state index in [1.54, 1.807) is 24.3 Å². The fraction of sp³-hybridized carbons (Fsp3) is 0.318. The van der Waals surface area contributed by atoms with Crippen molar-refractivity contribution in [1.82, 2.24) is 4.31 Å². The molecule has 154 valence electrons. The van der Waals surface area contributed by atoms with E-state index in [9.17, 15) is 13.2 Å². The van der Waals surface area contributed by atoms with E-state index in [4.69, 9.17) is 4.42 Å². The Balaban J connectivity index is 1.81. The summed E-state index contributed by atoms with van der Waals surface area (Å²) in [6, 6.07) is 14.0. The Bertz CT molecular complexity index is 1150. The minimum absolute atomic E-state index is 0.268. The van der Waals surface area contributed by atoms with Crippen LogP contribution in [0.25, 0.3) is 11.0 Å². The second-order valence-electron chi connectivity index (χ2n) is 6.74. The van der Waals surface area contributed by atoms with Crippen molar-refractivity contribution in [1.29, 1.82) is 0 Å². The van der Waals surface area contributed by atoms with Crippen LogP contribution in [0.2, 0.25) is 0 Å². The zero-order chi connectivity index (χ0) is 21.0. The number of anilines is 1. The number of nitrogens with zero attached hydrogens (tertiary/aromatic N) is 1. The molecule has 0 spiro atoms. The van der Waals surface area contributed by atoms with Crippen LogP contribution in [0.15, 0.2) is 62.6 Å². The maximum absolute atomic E-state index is 12.6. The molecule has 29 heavy (non-hydrogen) atoms. The number of benzene rings is 2. The zero-order valence-corrected chi connectivity index (χ0v) is 17.8. The maximum atomic E-state index is 12.6. The van der Waals surface area contributed by atoms with Gasteiger partial charge in [0.15, 0.2) is 0 Å². The Morgan fingerprint density at radius 2 is 1.66 bits per heavy atom. The first-order valence-corrected chi connectivity index (χ1v) is 11.2. The second kappa shape index (κ2) is 8.80. The average molecular weight is 415 g/mol. The summed E-state index contributed by atoms with van der Waals surface area (Å²) in [7, 11) is -3.47. The van der Waals surface area contributed by atoms with Gasteiger partial charge in [-0.1, -0.05) is 32.9 Å². The molecule has 0 aliphatic rings. The van der Waals surface area contributed by atoms with E-state index < -0.39 is 10.0 Å². The molecule has 0 amide bonds. The molecule has 1 N–H and O–H groups in total. The summed E-state index contributed by atoms with van der Waals surface area (Å²) in [6.07, 6.45) is 0.866. The quantitative estimate of drug-likeness (QED) is 0.564. The molecule has 0 aliphatic carbocycles. The van der Waals surface area contributed by atoms with Crippen molar-refractivity contribution in [3.8, 4) is 0 Å². The van der Waals surface area contributed by atoms with Gasteiger partial charge >= 0.3 is 5.63 Å². The number of aryl methyl sites for hydroxylation is 1. The molecule has 0 atom stereocenters. The SMILES string of the molecule is CCc1ccc2c(CNc3ccc(S(=O)(=O)N(CC)CC)cc3)cc(=O)oc2c1. The average Bonchev–Trinajstić information content (AvgIpc) is 2.72. The van der Waals surface area contributed by atoms with Crippen LogP contribution < -0.4 is 10.9 Å². The summed E-state index contributed by atoms with van der Waals surface area (Å²) in [6.45, 7) is 6.98. The normalized spacial score (nSPS) is 11.9. The van der Waals surface area contributed by atoms with E-state index in [-0.39, 0.29) is 10.5 Å². The first-order chi connectivity index (χ1) is 13.9. The molecule has 0 unspecified atom stereocenters. The summed E-state index contributed by atoms with van der Waals surface area (Å²) in [5.74, 6) is 0. The van der Waals surface area contributed by atoms with Crippen LogP contribution in [0.5, 0.6) is 0 Å². The van der Waals surface area contributed by atoms with Gasteiger partial charge in [-0.2, -0.15) is 4.31 Å². The van der Waals surface area contributed by atoms with Gasteiger partial charge in [0.1, 0.15) is 5.58 Å². The Labute approximate surface area is 171 Å². The lowest BCUT2D eigenvalue weighted by molar-refractivity contribution is 0.445. The third-order valence-electron chi connectivity index (χ3n) is 4.98. The van der Waals surface area contributed by atoms with Crippen LogP contribution in [-0.4, -0.2) is 25.8 Å². The smallest absolute Gasteiger partial charge is 0.336 e. The van der Waals surface area contributed by atoms with Crippen molar-refractivity contribution in [2.75, 3.05) is 18.4 Å². The molecule has 7 heteroatoms. The van der Waals surface area contributed by atoms with Gasteiger partial charge in [0.2, 0.25) is 10.0 Å². The van der Waals surface area contributed by atoms with Crippen LogP contribution >= 0.6 is 0 Å². The van der Waals surface area contributed by atoms with Crippen molar-refractivity contribution >= 4 is 26.7 Å². The lowest BCUT2D eigenvalue weighted by atomic mass is 10.1. The Hall–Kier alpha value is -2.64. The van der Waals surface area contributed by atoms with Gasteiger partial charge in [-0.25, -0.2) is 13.2 Å². The molecule has 0 saturated carbocycles. The highest BCUT2D eigenvalue weighted by Gasteiger charge is 2.21. The zero-order valence-electron chi connectivity index (χ0n) is 16.9. The number of hydrogen-bond donors (Lipinski definition) is 1. The lowest BCUT2D eigenvalue weighted by Gasteiger charge is -2.18. The fourth-order valence-electron chi connectivity index (χ4n) is 3.30. The van der Waals surface area contributed by atoms with Gasteiger partial charge in [0.25, 0.3) is 0 Å². The van der Waals surface area contributed by atoms with Gasteiger partial charge in [-0.3, -0.25) is 0 Å². The minimum atomic E-state index is -3.47. The predicted octanol–water partition coefficient (Wildman–Crippen LogP) is 4.00. The maximum Gasteiger partial charge on any atom is 0.336 e. The van der Waals surface area contributed by atoms with Gasteiger partial charge in [0, 0.05) is 36.8 Å². The van der Waals surface area contributed by atoms with Crippen LogP contribution in [0, 0.1) is 0 Å². The fourth-order valence-corrected chi connectivity index (χ4v) is 4.75. The molecule has 0 saturated heterocycles. The van der Waals surface area contributed by atoms with Crippen LogP contribution in [0.4, 0.5) is 5.69 Å². The van der Waals surface area contributed by atoms with E-state index >= 15 is 0 Å². The summed E-state index contributed by atoms with van der Waals surface area (Å²) in [5.41, 5.74) is 2.90. The molecule has 0 radical (unpaired) electrons. The molecule has 3 aromatic rings. The molecular weight excluding hydrogens is 388 g/mol. The lowest BCUT2D eigenvalue weighted by Crippen LogP contribution is -2.30. The van der Waals surface area contributed by atoms with Crippen molar-refractivity contribution in [3.63, 3.8) is 0 Å². The van der Waals surface area contributed by atoms with Crippen molar-refractivity contribution in [3.05, 3.63) is 70.1 Å². The molecule has 1 heterocycles. The Kier molecular flexibility index (Phi) is 6.39. The molecular formula is C22H26N2O4S. The number of fused-ring (bicyclic) bond motifs is 1. The highest BCUT2D eigenvalue weighted by molar-refractivity contribution is 7.89. The van der Waals surface area contributed by atoms with E-state index in [1.807, 2.05) is 32.0 Å². The topological polar surface area (TPSA) is 79.6 Å². The molecule has 2 aromatic carbocycles. The summed E-state index contributed by atoms with van der Waals surface area (Å²) < 4.78 is 31.9. The number of rotatable bonds is 8. The van der Waals surface area contributed by atoms with Gasteiger partial charge in [-0.15, -0.1) is 0 Å². The highest BCUT2D eigenvalue weighted by Crippen LogP contribution is 2.22. The van der Waals surface area contributed by atoms with Crippen molar-refractivity contribution < 1.29 is 12.8 Å². The standard InChI is InChI=1S/C22H26N2O4S/c1-4-16-7-12-20-17(14-22(25)28-21(20)13-16)15-23-18-8-10-19(11-9-18)29(26,27)24(5-2)6-3/h7-14,23H,4-6,15H2,1-3H3. The van der Waals surface area contributed by atoms with Gasteiger partial charge in [0.05, 0.1) is 4.90 Å². The van der Waals surface area contributed by atoms with Gasteiger partial charge in [-0.05, 0) is 47.9 Å². The first kappa shape index (κ1) is 21.1.